The van der Waals surface area contributed by atoms with E-state index >= 15 is 0 Å². The largest absolute Gasteiger partial charge is 0.480 e. The first-order chi connectivity index (χ1) is 12.2. The number of hydrogen-bond acceptors (Lipinski definition) is 9. The second kappa shape index (κ2) is 6.31. The molecule has 2 aromatic heterocycles. The standard InChI is InChI=1S/C15H21N7O3S/c1-8(26(23,24)15(2,14(16)17)9-4-5-9)21-12-11-13(20-7-19-12)22-10(25-3)6-18-11/h6-9H,4-5H2,1-3H3,(H3,16,17)(H,19,20,21,22)/t8?,15-/m0/s1. The Labute approximate surface area is 151 Å². The van der Waals surface area contributed by atoms with Gasteiger partial charge in [0, 0.05) is 0 Å². The third-order valence-corrected chi connectivity index (χ3v) is 7.60. The van der Waals surface area contributed by atoms with Crippen molar-refractivity contribution < 1.29 is 13.2 Å². The van der Waals surface area contributed by atoms with Gasteiger partial charge in [-0.2, -0.15) is 4.98 Å². The van der Waals surface area contributed by atoms with Crippen molar-refractivity contribution in [2.24, 2.45) is 11.7 Å². The van der Waals surface area contributed by atoms with E-state index in [-0.39, 0.29) is 23.2 Å². The minimum atomic E-state index is -3.81. The number of fused-ring (bicyclic) bond motifs is 1. The molecule has 2 atom stereocenters. The molecule has 0 amide bonds. The summed E-state index contributed by atoms with van der Waals surface area (Å²) in [5, 5.41) is 9.67. The van der Waals surface area contributed by atoms with Crippen LogP contribution in [0, 0.1) is 11.3 Å². The van der Waals surface area contributed by atoms with Crippen molar-refractivity contribution in [1.82, 2.24) is 19.9 Å². The number of nitrogens with one attached hydrogen (secondary N) is 2. The molecule has 0 spiro atoms. The average molecular weight is 379 g/mol. The van der Waals surface area contributed by atoms with Crippen molar-refractivity contribution in [3.63, 3.8) is 0 Å². The molecule has 26 heavy (non-hydrogen) atoms. The first kappa shape index (κ1) is 18.2. The van der Waals surface area contributed by atoms with Crippen LogP contribution in [-0.2, 0) is 9.84 Å². The number of ether oxygens (including phenoxy) is 1. The van der Waals surface area contributed by atoms with E-state index in [9.17, 15) is 8.42 Å². The molecule has 0 aliphatic heterocycles. The molecule has 10 nitrogen and oxygen atoms in total. The van der Waals surface area contributed by atoms with E-state index in [0.29, 0.717) is 11.4 Å². The number of anilines is 1. The zero-order valence-corrected chi connectivity index (χ0v) is 15.5. The minimum Gasteiger partial charge on any atom is -0.480 e. The van der Waals surface area contributed by atoms with Crippen LogP contribution in [0.3, 0.4) is 0 Å². The summed E-state index contributed by atoms with van der Waals surface area (Å²) in [5.41, 5.74) is 6.27. The lowest BCUT2D eigenvalue weighted by molar-refractivity contribution is 0.397. The van der Waals surface area contributed by atoms with Gasteiger partial charge < -0.3 is 15.8 Å². The van der Waals surface area contributed by atoms with Crippen LogP contribution in [0.1, 0.15) is 26.7 Å². The number of aromatic nitrogens is 4. The molecule has 140 valence electrons. The summed E-state index contributed by atoms with van der Waals surface area (Å²) in [6.07, 6.45) is 4.15. The summed E-state index contributed by atoms with van der Waals surface area (Å²) in [5.74, 6) is 0.0507. The Bertz CT molecular complexity index is 961. The summed E-state index contributed by atoms with van der Waals surface area (Å²) in [6.45, 7) is 3.02. The monoisotopic (exact) mass is 379 g/mol. The van der Waals surface area contributed by atoms with Crippen molar-refractivity contribution in [3.8, 4) is 5.88 Å². The lowest BCUT2D eigenvalue weighted by atomic mass is 10.0. The first-order valence-corrected chi connectivity index (χ1v) is 9.62. The normalized spacial score (nSPS) is 18.1. The maximum atomic E-state index is 13.1. The minimum absolute atomic E-state index is 0.138. The molecule has 2 heterocycles. The van der Waals surface area contributed by atoms with Gasteiger partial charge >= 0.3 is 0 Å². The number of sulfone groups is 1. The van der Waals surface area contributed by atoms with Gasteiger partial charge in [-0.25, -0.2) is 23.4 Å². The molecule has 0 radical (unpaired) electrons. The Hall–Kier alpha value is -2.56. The zero-order chi connectivity index (χ0) is 19.1. The van der Waals surface area contributed by atoms with Crippen molar-refractivity contribution in [2.75, 3.05) is 12.4 Å². The highest BCUT2D eigenvalue weighted by molar-refractivity contribution is 7.94. The molecule has 0 aromatic carbocycles. The molecule has 1 unspecified atom stereocenters. The van der Waals surface area contributed by atoms with Crippen LogP contribution >= 0.6 is 0 Å². The van der Waals surface area contributed by atoms with Gasteiger partial charge in [0.15, 0.2) is 26.8 Å². The fourth-order valence-electron chi connectivity index (χ4n) is 2.90. The van der Waals surface area contributed by atoms with Gasteiger partial charge in [-0.1, -0.05) is 0 Å². The van der Waals surface area contributed by atoms with Gasteiger partial charge in [0.25, 0.3) is 0 Å². The van der Waals surface area contributed by atoms with Crippen LogP contribution in [0.5, 0.6) is 5.88 Å². The molecule has 4 N–H and O–H groups in total. The summed E-state index contributed by atoms with van der Waals surface area (Å²) in [7, 11) is -2.35. The molecule has 0 bridgehead atoms. The Morgan fingerprint density at radius 2 is 2.12 bits per heavy atom. The van der Waals surface area contributed by atoms with E-state index in [0.717, 1.165) is 12.8 Å². The Morgan fingerprint density at radius 1 is 1.42 bits per heavy atom. The van der Waals surface area contributed by atoms with E-state index in [1.165, 1.54) is 33.5 Å². The summed E-state index contributed by atoms with van der Waals surface area (Å²) in [6, 6.07) is 0. The number of nitrogens with zero attached hydrogens (tertiary/aromatic N) is 4. The first-order valence-electron chi connectivity index (χ1n) is 8.08. The molecule has 3 rings (SSSR count). The molecule has 0 saturated heterocycles. The molecular formula is C15H21N7O3S. The quantitative estimate of drug-likeness (QED) is 0.465. The number of hydrogen-bond donors (Lipinski definition) is 3. The molecule has 11 heteroatoms. The summed E-state index contributed by atoms with van der Waals surface area (Å²) >= 11 is 0. The fraction of sp³-hybridized carbons (Fsp3) is 0.533. The molecule has 1 aliphatic rings. The fourth-order valence-corrected chi connectivity index (χ4v) is 4.91. The summed E-state index contributed by atoms with van der Waals surface area (Å²) < 4.78 is 29.9. The van der Waals surface area contributed by atoms with Gasteiger partial charge in [-0.15, -0.1) is 0 Å². The zero-order valence-electron chi connectivity index (χ0n) is 14.7. The lowest BCUT2D eigenvalue weighted by Crippen LogP contribution is -2.54. The van der Waals surface area contributed by atoms with Crippen molar-refractivity contribution >= 4 is 32.7 Å². The van der Waals surface area contributed by atoms with Crippen LogP contribution in [0.4, 0.5) is 5.82 Å². The SMILES string of the molecule is COc1cnc2c(NC(C)S(=O)(=O)[C@](C)(C(=N)N)C3CC3)ncnc2n1. The number of nitrogens with two attached hydrogens (primary N) is 1. The number of methoxy groups -OCH3 is 1. The maximum absolute atomic E-state index is 13.1. The second-order valence-electron chi connectivity index (χ2n) is 6.43. The van der Waals surface area contributed by atoms with Crippen LogP contribution < -0.4 is 15.8 Å². The molecule has 2 aromatic rings. The van der Waals surface area contributed by atoms with E-state index in [1.54, 1.807) is 0 Å². The van der Waals surface area contributed by atoms with E-state index in [2.05, 4.69) is 25.3 Å². The van der Waals surface area contributed by atoms with Crippen molar-refractivity contribution in [2.45, 2.75) is 36.8 Å². The molecule has 1 aliphatic carbocycles. The van der Waals surface area contributed by atoms with Crippen molar-refractivity contribution in [3.05, 3.63) is 12.5 Å². The Kier molecular flexibility index (Phi) is 4.42. The highest BCUT2D eigenvalue weighted by Crippen LogP contribution is 2.45. The average Bonchev–Trinajstić information content (AvgIpc) is 3.45. The van der Waals surface area contributed by atoms with Crippen LogP contribution in [0.25, 0.3) is 11.2 Å². The summed E-state index contributed by atoms with van der Waals surface area (Å²) in [4.78, 5) is 16.5. The van der Waals surface area contributed by atoms with Gasteiger partial charge in [0.1, 0.15) is 22.3 Å². The highest BCUT2D eigenvalue weighted by atomic mass is 32.2. The number of amidine groups is 1. The van der Waals surface area contributed by atoms with Gasteiger partial charge in [0.2, 0.25) is 5.88 Å². The number of rotatable bonds is 7. The van der Waals surface area contributed by atoms with Crippen molar-refractivity contribution in [1.29, 1.82) is 5.41 Å². The van der Waals surface area contributed by atoms with E-state index < -0.39 is 20.0 Å². The van der Waals surface area contributed by atoms with Crippen LogP contribution in [0.2, 0.25) is 0 Å². The maximum Gasteiger partial charge on any atom is 0.234 e. The van der Waals surface area contributed by atoms with Gasteiger partial charge in [0.05, 0.1) is 13.3 Å². The second-order valence-corrected chi connectivity index (χ2v) is 9.08. The third-order valence-electron chi connectivity index (χ3n) is 4.82. The van der Waals surface area contributed by atoms with E-state index in [1.807, 2.05) is 0 Å². The highest BCUT2D eigenvalue weighted by Gasteiger charge is 2.55. The van der Waals surface area contributed by atoms with Gasteiger partial charge in [-0.3, -0.25) is 5.41 Å². The molecule has 1 saturated carbocycles. The Balaban J connectivity index is 1.96. The van der Waals surface area contributed by atoms with Gasteiger partial charge in [-0.05, 0) is 32.6 Å². The smallest absolute Gasteiger partial charge is 0.234 e. The molecular weight excluding hydrogens is 358 g/mol. The van der Waals surface area contributed by atoms with Crippen LogP contribution in [-0.4, -0.2) is 51.4 Å². The van der Waals surface area contributed by atoms with Crippen LogP contribution in [0.15, 0.2) is 12.5 Å². The molecule has 1 fully saturated rings. The lowest BCUT2D eigenvalue weighted by Gasteiger charge is -2.31. The predicted molar refractivity (Wildman–Crippen MR) is 96.7 cm³/mol. The predicted octanol–water partition coefficient (Wildman–Crippen LogP) is 0.706. The third kappa shape index (κ3) is 2.81. The Morgan fingerprint density at radius 3 is 2.69 bits per heavy atom. The van der Waals surface area contributed by atoms with E-state index in [4.69, 9.17) is 15.9 Å². The topological polar surface area (TPSA) is 157 Å².